The van der Waals surface area contributed by atoms with Gasteiger partial charge in [-0.1, -0.05) is 50.7 Å². The van der Waals surface area contributed by atoms with E-state index in [1.165, 1.54) is 12.7 Å². The summed E-state index contributed by atoms with van der Waals surface area (Å²) in [6.45, 7) is 18.1. The molecule has 9 heteroatoms. The molecule has 1 aromatic rings. The van der Waals surface area contributed by atoms with Crippen LogP contribution in [0.25, 0.3) is 0 Å². The van der Waals surface area contributed by atoms with E-state index in [1.54, 1.807) is 0 Å². The standard InChI is InChI=1S/C35H61N3O6/c1-27(36-32(40)43-34(3,4)5)18-14-10-12-16-24-38(26-29-20-22-30(23-21-29)31(39)42-9)25-17-13-11-15-19-28(2)37-33(41)44-35(6,7)8/h20-23,27-28H,10-19,24-26H2,1-9H3,(H,36,40)(H,37,41). The fourth-order valence-corrected chi connectivity index (χ4v) is 4.83. The molecule has 0 fully saturated rings. The van der Waals surface area contributed by atoms with Gasteiger partial charge in [0, 0.05) is 18.6 Å². The van der Waals surface area contributed by atoms with E-state index >= 15 is 0 Å². The zero-order chi connectivity index (χ0) is 33.2. The summed E-state index contributed by atoms with van der Waals surface area (Å²) in [7, 11) is 1.40. The fraction of sp³-hybridized carbons (Fsp3) is 0.743. The van der Waals surface area contributed by atoms with Crippen molar-refractivity contribution in [3.05, 3.63) is 35.4 Å². The highest BCUT2D eigenvalue weighted by molar-refractivity contribution is 5.89. The molecule has 2 N–H and O–H groups in total. The summed E-state index contributed by atoms with van der Waals surface area (Å²) in [5.74, 6) is -0.320. The molecule has 252 valence electrons. The van der Waals surface area contributed by atoms with Gasteiger partial charge in [0.25, 0.3) is 0 Å². The Morgan fingerprint density at radius 3 is 1.48 bits per heavy atom. The molecule has 0 aliphatic heterocycles. The van der Waals surface area contributed by atoms with Crippen molar-refractivity contribution in [1.82, 2.24) is 15.5 Å². The number of ether oxygens (including phenoxy) is 3. The second-order valence-corrected chi connectivity index (χ2v) is 14.0. The molecule has 0 aliphatic carbocycles. The van der Waals surface area contributed by atoms with Gasteiger partial charge in [0.15, 0.2) is 0 Å². The first-order chi connectivity index (χ1) is 20.6. The van der Waals surface area contributed by atoms with Gasteiger partial charge < -0.3 is 24.8 Å². The van der Waals surface area contributed by atoms with Gasteiger partial charge in [-0.05, 0) is 112 Å². The minimum absolute atomic E-state index is 0.0883. The highest BCUT2D eigenvalue weighted by Crippen LogP contribution is 2.15. The van der Waals surface area contributed by atoms with Gasteiger partial charge in [-0.3, -0.25) is 4.90 Å². The maximum atomic E-state index is 12.0. The topological polar surface area (TPSA) is 106 Å². The van der Waals surface area contributed by atoms with Gasteiger partial charge >= 0.3 is 18.2 Å². The van der Waals surface area contributed by atoms with Gasteiger partial charge in [-0.25, -0.2) is 14.4 Å². The molecule has 1 aromatic carbocycles. The molecule has 0 radical (unpaired) electrons. The zero-order valence-electron chi connectivity index (χ0n) is 29.1. The lowest BCUT2D eigenvalue weighted by Crippen LogP contribution is -2.37. The number of methoxy groups -OCH3 is 1. The van der Waals surface area contributed by atoms with Crippen LogP contribution < -0.4 is 10.6 Å². The number of carbonyl (C=O) groups is 3. The zero-order valence-corrected chi connectivity index (χ0v) is 29.1. The Morgan fingerprint density at radius 1 is 0.682 bits per heavy atom. The van der Waals surface area contributed by atoms with Crippen molar-refractivity contribution in [3.63, 3.8) is 0 Å². The Bertz CT molecular complexity index is 920. The summed E-state index contributed by atoms with van der Waals surface area (Å²) in [5, 5.41) is 5.85. The molecule has 0 heterocycles. The minimum atomic E-state index is -0.488. The Labute approximate surface area is 267 Å². The van der Waals surface area contributed by atoms with Gasteiger partial charge in [0.1, 0.15) is 11.2 Å². The molecular formula is C35H61N3O6. The Balaban J connectivity index is 2.45. The van der Waals surface area contributed by atoms with Crippen LogP contribution in [0.1, 0.15) is 136 Å². The predicted molar refractivity (Wildman–Crippen MR) is 177 cm³/mol. The molecule has 0 bridgehead atoms. The van der Waals surface area contributed by atoms with E-state index in [0.717, 1.165) is 83.8 Å². The molecule has 2 atom stereocenters. The summed E-state index contributed by atoms with van der Waals surface area (Å²) < 4.78 is 15.5. The number of hydrogen-bond acceptors (Lipinski definition) is 7. The fourth-order valence-electron chi connectivity index (χ4n) is 4.83. The largest absolute Gasteiger partial charge is 0.465 e. The van der Waals surface area contributed by atoms with Crippen LogP contribution in [-0.4, -0.2) is 66.5 Å². The van der Waals surface area contributed by atoms with Crippen molar-refractivity contribution in [1.29, 1.82) is 0 Å². The van der Waals surface area contributed by atoms with Gasteiger partial charge in [0.2, 0.25) is 0 Å². The van der Waals surface area contributed by atoms with E-state index in [2.05, 4.69) is 15.5 Å². The summed E-state index contributed by atoms with van der Waals surface area (Å²) >= 11 is 0. The van der Waals surface area contributed by atoms with E-state index in [1.807, 2.05) is 79.7 Å². The van der Waals surface area contributed by atoms with Crippen molar-refractivity contribution in [2.75, 3.05) is 20.2 Å². The SMILES string of the molecule is COC(=O)c1ccc(CN(CCCCCCC(C)NC(=O)OC(C)(C)C)CCCCCCC(C)NC(=O)OC(C)(C)C)cc1. The third-order valence-electron chi connectivity index (χ3n) is 7.03. The number of nitrogens with zero attached hydrogens (tertiary/aromatic N) is 1. The van der Waals surface area contributed by atoms with Crippen LogP contribution in [0.2, 0.25) is 0 Å². The molecule has 0 saturated carbocycles. The number of carbonyl (C=O) groups excluding carboxylic acids is 3. The van der Waals surface area contributed by atoms with E-state index in [-0.39, 0.29) is 30.2 Å². The first kappa shape index (κ1) is 39.2. The maximum Gasteiger partial charge on any atom is 0.407 e. The minimum Gasteiger partial charge on any atom is -0.465 e. The molecule has 2 amide bonds. The number of alkyl carbamates (subject to hydrolysis) is 2. The highest BCUT2D eigenvalue weighted by atomic mass is 16.6. The summed E-state index contributed by atoms with van der Waals surface area (Å²) in [6.07, 6.45) is 10.0. The van der Waals surface area contributed by atoms with E-state index in [0.29, 0.717) is 5.56 Å². The van der Waals surface area contributed by atoms with Crippen molar-refractivity contribution in [2.24, 2.45) is 0 Å². The average molecular weight is 620 g/mol. The molecule has 1 rings (SSSR count). The molecule has 9 nitrogen and oxygen atoms in total. The van der Waals surface area contributed by atoms with Gasteiger partial charge in [-0.2, -0.15) is 0 Å². The Hall–Kier alpha value is -2.81. The van der Waals surface area contributed by atoms with Crippen LogP contribution in [-0.2, 0) is 20.8 Å². The number of unbranched alkanes of at least 4 members (excludes halogenated alkanes) is 6. The number of rotatable bonds is 19. The van der Waals surface area contributed by atoms with Crippen LogP contribution in [0.5, 0.6) is 0 Å². The van der Waals surface area contributed by atoms with Gasteiger partial charge in [-0.15, -0.1) is 0 Å². The molecule has 2 unspecified atom stereocenters. The number of benzene rings is 1. The van der Waals surface area contributed by atoms with Crippen LogP contribution in [0.3, 0.4) is 0 Å². The van der Waals surface area contributed by atoms with Crippen LogP contribution in [0.15, 0.2) is 24.3 Å². The molecule has 44 heavy (non-hydrogen) atoms. The number of hydrogen-bond donors (Lipinski definition) is 2. The first-order valence-corrected chi connectivity index (χ1v) is 16.5. The third-order valence-corrected chi connectivity index (χ3v) is 7.03. The van der Waals surface area contributed by atoms with Crippen molar-refractivity contribution >= 4 is 18.2 Å². The lowest BCUT2D eigenvalue weighted by Gasteiger charge is -2.23. The highest BCUT2D eigenvalue weighted by Gasteiger charge is 2.18. The van der Waals surface area contributed by atoms with Crippen LogP contribution in [0.4, 0.5) is 9.59 Å². The van der Waals surface area contributed by atoms with Crippen molar-refractivity contribution in [3.8, 4) is 0 Å². The van der Waals surface area contributed by atoms with E-state index < -0.39 is 11.2 Å². The predicted octanol–water partition coefficient (Wildman–Crippen LogP) is 8.00. The summed E-state index contributed by atoms with van der Waals surface area (Å²) in [5.41, 5.74) is 0.770. The first-order valence-electron chi connectivity index (χ1n) is 16.5. The van der Waals surface area contributed by atoms with Crippen LogP contribution in [0, 0.1) is 0 Å². The normalized spacial score (nSPS) is 13.2. The molecule has 0 saturated heterocycles. The Kier molecular flexibility index (Phi) is 18.1. The number of amides is 2. The summed E-state index contributed by atoms with van der Waals surface area (Å²) in [6, 6.07) is 7.86. The van der Waals surface area contributed by atoms with Crippen LogP contribution >= 0.6 is 0 Å². The maximum absolute atomic E-state index is 12.0. The molecule has 0 spiro atoms. The lowest BCUT2D eigenvalue weighted by molar-refractivity contribution is 0.0493. The van der Waals surface area contributed by atoms with E-state index in [4.69, 9.17) is 14.2 Å². The second-order valence-electron chi connectivity index (χ2n) is 14.0. The van der Waals surface area contributed by atoms with E-state index in [9.17, 15) is 14.4 Å². The number of esters is 1. The second kappa shape index (κ2) is 20.3. The van der Waals surface area contributed by atoms with Crippen molar-refractivity contribution < 1.29 is 28.6 Å². The number of nitrogens with one attached hydrogen (secondary N) is 2. The Morgan fingerprint density at radius 2 is 1.09 bits per heavy atom. The quantitative estimate of drug-likeness (QED) is 0.0918. The molecule has 0 aliphatic rings. The summed E-state index contributed by atoms with van der Waals surface area (Å²) in [4.78, 5) is 38.3. The molecular weight excluding hydrogens is 558 g/mol. The average Bonchev–Trinajstić information content (AvgIpc) is 2.89. The monoisotopic (exact) mass is 619 g/mol. The van der Waals surface area contributed by atoms with Gasteiger partial charge in [0.05, 0.1) is 12.7 Å². The molecule has 0 aromatic heterocycles. The lowest BCUT2D eigenvalue weighted by atomic mass is 10.1. The van der Waals surface area contributed by atoms with Crippen molar-refractivity contribution in [2.45, 2.75) is 149 Å². The smallest absolute Gasteiger partial charge is 0.407 e. The third kappa shape index (κ3) is 20.2.